The Bertz CT molecular complexity index is 867. The fourth-order valence-corrected chi connectivity index (χ4v) is 4.63. The van der Waals surface area contributed by atoms with Gasteiger partial charge in [-0.2, -0.15) is 13.2 Å². The minimum absolute atomic E-state index is 0.00957. The molecule has 8 heteroatoms. The zero-order chi connectivity index (χ0) is 16.4. The second-order valence-electron chi connectivity index (χ2n) is 5.96. The number of hydrogen-bond donors (Lipinski definition) is 1. The summed E-state index contributed by atoms with van der Waals surface area (Å²) in [4.78, 5) is 14.0. The van der Waals surface area contributed by atoms with E-state index in [0.29, 0.717) is 41.7 Å². The smallest absolute Gasteiger partial charge is 0.335 e. The lowest BCUT2D eigenvalue weighted by atomic mass is 9.95. The number of nitrogens with one attached hydrogen (secondary N) is 1. The molecule has 0 spiro atoms. The number of thiazole rings is 1. The van der Waals surface area contributed by atoms with Gasteiger partial charge < -0.3 is 9.47 Å². The van der Waals surface area contributed by atoms with Gasteiger partial charge in [-0.3, -0.25) is 10.2 Å². The number of rotatable bonds is 1. The SMILES string of the molecule is N=c1sc2cc(C(F)(F)F)cc3c2n1CC[C@H]3N1CCCC1=O. The average molecular weight is 341 g/mol. The molecule has 1 saturated heterocycles. The van der Waals surface area contributed by atoms with Crippen LogP contribution >= 0.6 is 11.3 Å². The summed E-state index contributed by atoms with van der Waals surface area (Å²) in [6.07, 6.45) is -2.65. The highest BCUT2D eigenvalue weighted by molar-refractivity contribution is 7.16. The van der Waals surface area contributed by atoms with E-state index in [1.54, 1.807) is 9.47 Å². The van der Waals surface area contributed by atoms with Crippen molar-refractivity contribution >= 4 is 27.5 Å². The van der Waals surface area contributed by atoms with Gasteiger partial charge in [0.15, 0.2) is 4.80 Å². The Morgan fingerprint density at radius 1 is 1.26 bits per heavy atom. The summed E-state index contributed by atoms with van der Waals surface area (Å²) in [5.41, 5.74) is 0.516. The van der Waals surface area contributed by atoms with Gasteiger partial charge in [0.05, 0.1) is 21.8 Å². The monoisotopic (exact) mass is 341 g/mol. The molecule has 1 fully saturated rings. The normalized spacial score (nSPS) is 21.4. The predicted molar refractivity (Wildman–Crippen MR) is 79.0 cm³/mol. The molecule has 0 aliphatic carbocycles. The molecule has 0 bridgehead atoms. The molecule has 2 aromatic rings. The van der Waals surface area contributed by atoms with Gasteiger partial charge in [-0.1, -0.05) is 11.3 Å². The Labute approximate surface area is 133 Å². The van der Waals surface area contributed by atoms with E-state index in [0.717, 1.165) is 23.8 Å². The van der Waals surface area contributed by atoms with Crippen LogP contribution in [0.4, 0.5) is 13.2 Å². The van der Waals surface area contributed by atoms with Gasteiger partial charge in [-0.05, 0) is 25.0 Å². The lowest BCUT2D eigenvalue weighted by Crippen LogP contribution is -2.34. The first-order valence-electron chi connectivity index (χ1n) is 7.45. The summed E-state index contributed by atoms with van der Waals surface area (Å²) in [6, 6.07) is 1.97. The van der Waals surface area contributed by atoms with Crippen molar-refractivity contribution in [3.8, 4) is 0 Å². The molecule has 1 aromatic heterocycles. The Morgan fingerprint density at radius 2 is 2.04 bits per heavy atom. The van der Waals surface area contributed by atoms with Crippen molar-refractivity contribution in [2.24, 2.45) is 0 Å². The number of halogens is 3. The number of hydrogen-bond acceptors (Lipinski definition) is 3. The highest BCUT2D eigenvalue weighted by Crippen LogP contribution is 2.41. The second-order valence-corrected chi connectivity index (χ2v) is 6.99. The summed E-state index contributed by atoms with van der Waals surface area (Å²) in [5.74, 6) is 0.00957. The summed E-state index contributed by atoms with van der Waals surface area (Å²) in [7, 11) is 0. The van der Waals surface area contributed by atoms with Crippen LogP contribution in [0.5, 0.6) is 0 Å². The maximum Gasteiger partial charge on any atom is 0.416 e. The third-order valence-electron chi connectivity index (χ3n) is 4.62. The van der Waals surface area contributed by atoms with Crippen molar-refractivity contribution < 1.29 is 18.0 Å². The van der Waals surface area contributed by atoms with Gasteiger partial charge in [0.2, 0.25) is 5.91 Å². The lowest BCUT2D eigenvalue weighted by molar-refractivity contribution is -0.137. The zero-order valence-electron chi connectivity index (χ0n) is 12.1. The number of carbonyl (C=O) groups excluding carboxylic acids is 1. The van der Waals surface area contributed by atoms with E-state index in [2.05, 4.69) is 0 Å². The van der Waals surface area contributed by atoms with Crippen LogP contribution in [0.25, 0.3) is 10.2 Å². The number of alkyl halides is 3. The van der Waals surface area contributed by atoms with Gasteiger partial charge in [-0.25, -0.2) is 0 Å². The van der Waals surface area contributed by atoms with Crippen molar-refractivity contribution in [2.75, 3.05) is 6.54 Å². The summed E-state index contributed by atoms with van der Waals surface area (Å²) in [5, 5.41) is 7.99. The van der Waals surface area contributed by atoms with E-state index in [1.807, 2.05) is 0 Å². The van der Waals surface area contributed by atoms with Gasteiger partial charge in [-0.15, -0.1) is 0 Å². The highest BCUT2D eigenvalue weighted by Gasteiger charge is 2.37. The molecule has 2 aliphatic rings. The summed E-state index contributed by atoms with van der Waals surface area (Å²) in [6.45, 7) is 1.16. The van der Waals surface area contributed by atoms with Crippen LogP contribution in [-0.4, -0.2) is 21.9 Å². The van der Waals surface area contributed by atoms with Crippen molar-refractivity contribution in [1.82, 2.24) is 9.47 Å². The number of aryl methyl sites for hydroxylation is 1. The first-order valence-corrected chi connectivity index (χ1v) is 8.26. The largest absolute Gasteiger partial charge is 0.416 e. The predicted octanol–water partition coefficient (Wildman–Crippen LogP) is 3.27. The molecule has 4 nitrogen and oxygen atoms in total. The molecule has 0 unspecified atom stereocenters. The first-order chi connectivity index (χ1) is 10.9. The van der Waals surface area contributed by atoms with E-state index < -0.39 is 11.7 Å². The molecule has 0 radical (unpaired) electrons. The van der Waals surface area contributed by atoms with E-state index in [1.165, 1.54) is 6.07 Å². The lowest BCUT2D eigenvalue weighted by Gasteiger charge is -2.32. The number of benzene rings is 1. The molecule has 23 heavy (non-hydrogen) atoms. The molecule has 1 aromatic carbocycles. The molecular weight excluding hydrogens is 327 g/mol. The van der Waals surface area contributed by atoms with E-state index in [-0.39, 0.29) is 16.8 Å². The third-order valence-corrected chi connectivity index (χ3v) is 5.57. The molecule has 122 valence electrons. The van der Waals surface area contributed by atoms with Crippen LogP contribution in [0.3, 0.4) is 0 Å². The standard InChI is InChI=1S/C15H14F3N3OS/c16-15(17,18)8-6-9-10(20-4-1-2-12(20)22)3-5-21-13(9)11(7-8)23-14(21)19/h6-7,10,19H,1-5H2/t10-/m1/s1. The molecule has 3 heterocycles. The highest BCUT2D eigenvalue weighted by atomic mass is 32.1. The first kappa shape index (κ1) is 14.7. The Kier molecular flexibility index (Phi) is 3.10. The number of aromatic nitrogens is 1. The minimum Gasteiger partial charge on any atom is -0.335 e. The molecule has 2 aliphatic heterocycles. The fourth-order valence-electron chi connectivity index (χ4n) is 3.62. The fraction of sp³-hybridized carbons (Fsp3) is 0.467. The topological polar surface area (TPSA) is 49.1 Å². The van der Waals surface area contributed by atoms with Gasteiger partial charge >= 0.3 is 6.18 Å². The summed E-state index contributed by atoms with van der Waals surface area (Å²) < 4.78 is 41.9. The van der Waals surface area contributed by atoms with Crippen LogP contribution in [0, 0.1) is 5.41 Å². The quantitative estimate of drug-likeness (QED) is 0.850. The van der Waals surface area contributed by atoms with Crippen molar-refractivity contribution in [3.05, 3.63) is 28.1 Å². The van der Waals surface area contributed by atoms with Crippen LogP contribution < -0.4 is 4.80 Å². The molecule has 4 rings (SSSR count). The van der Waals surface area contributed by atoms with Crippen LogP contribution in [0.1, 0.15) is 36.4 Å². The van der Waals surface area contributed by atoms with Crippen LogP contribution in [-0.2, 0) is 17.5 Å². The molecule has 1 amide bonds. The zero-order valence-corrected chi connectivity index (χ0v) is 12.9. The molecule has 1 N–H and O–H groups in total. The average Bonchev–Trinajstić information content (AvgIpc) is 3.03. The molecule has 1 atom stereocenters. The maximum absolute atomic E-state index is 13.2. The Morgan fingerprint density at radius 3 is 2.70 bits per heavy atom. The van der Waals surface area contributed by atoms with Gasteiger partial charge in [0.25, 0.3) is 0 Å². The number of likely N-dealkylation sites (tertiary alicyclic amines) is 1. The number of nitrogens with zero attached hydrogens (tertiary/aromatic N) is 2. The molecule has 0 saturated carbocycles. The van der Waals surface area contributed by atoms with Crippen molar-refractivity contribution in [1.29, 1.82) is 5.41 Å². The number of amides is 1. The van der Waals surface area contributed by atoms with Crippen LogP contribution in [0.15, 0.2) is 12.1 Å². The Balaban J connectivity index is 1.96. The maximum atomic E-state index is 13.2. The van der Waals surface area contributed by atoms with E-state index in [4.69, 9.17) is 5.41 Å². The molecular formula is C15H14F3N3OS. The van der Waals surface area contributed by atoms with Gasteiger partial charge in [0, 0.05) is 25.1 Å². The van der Waals surface area contributed by atoms with Crippen molar-refractivity contribution in [3.63, 3.8) is 0 Å². The summed E-state index contributed by atoms with van der Waals surface area (Å²) >= 11 is 1.06. The van der Waals surface area contributed by atoms with E-state index >= 15 is 0 Å². The van der Waals surface area contributed by atoms with Crippen LogP contribution in [0.2, 0.25) is 0 Å². The van der Waals surface area contributed by atoms with Crippen molar-refractivity contribution in [2.45, 2.75) is 38.0 Å². The second kappa shape index (κ2) is 4.83. The minimum atomic E-state index is -4.43. The third kappa shape index (κ3) is 2.19. The number of carbonyl (C=O) groups is 1. The van der Waals surface area contributed by atoms with Gasteiger partial charge in [0.1, 0.15) is 0 Å². The Hall–Kier alpha value is -1.83. The van der Waals surface area contributed by atoms with E-state index in [9.17, 15) is 18.0 Å².